The van der Waals surface area contributed by atoms with Crippen LogP contribution in [0.5, 0.6) is 0 Å². The standard InChI is InChI=1S/C30H33N7O3/c1-17-4-11-22(15-24(17)35-29(39)19-7-5-18(6-8-19)28(38)32-2)34-30(40)20-9-12-25-23(14-20)27(36-37(25)3)21-10-13-26(31)33-16-21/h4,9-16,18-19H,5-8H2,1-3H3,(H2,31,33)(H,32,38)(H,34,40)(H,35,39). The maximum absolute atomic E-state index is 13.2. The van der Waals surface area contributed by atoms with E-state index in [1.807, 2.05) is 44.3 Å². The molecule has 10 nitrogen and oxygen atoms in total. The summed E-state index contributed by atoms with van der Waals surface area (Å²) in [6, 6.07) is 14.5. The monoisotopic (exact) mass is 539 g/mol. The third kappa shape index (κ3) is 5.51. The molecule has 4 aromatic rings. The number of nitrogens with one attached hydrogen (secondary N) is 3. The van der Waals surface area contributed by atoms with Crippen molar-refractivity contribution >= 4 is 45.8 Å². The number of nitrogens with zero attached hydrogens (tertiary/aromatic N) is 3. The number of nitrogen functional groups attached to an aromatic ring is 1. The van der Waals surface area contributed by atoms with Crippen molar-refractivity contribution in [3.8, 4) is 11.3 Å². The summed E-state index contributed by atoms with van der Waals surface area (Å²) in [7, 11) is 3.50. The lowest BCUT2D eigenvalue weighted by Gasteiger charge is -2.26. The largest absolute Gasteiger partial charge is 0.384 e. The molecule has 5 rings (SSSR count). The lowest BCUT2D eigenvalue weighted by atomic mass is 9.81. The number of carbonyl (C=O) groups excluding carboxylic acids is 3. The molecule has 0 spiro atoms. The van der Waals surface area contributed by atoms with E-state index in [4.69, 9.17) is 5.73 Å². The Hall–Kier alpha value is -4.73. The van der Waals surface area contributed by atoms with Gasteiger partial charge in [-0.3, -0.25) is 19.1 Å². The SMILES string of the molecule is CNC(=O)C1CCC(C(=O)Nc2cc(NC(=O)c3ccc4c(c3)c(-c3ccc(N)nc3)nn4C)ccc2C)CC1. The number of amides is 3. The van der Waals surface area contributed by atoms with Crippen LogP contribution in [0.4, 0.5) is 17.2 Å². The van der Waals surface area contributed by atoms with E-state index in [9.17, 15) is 14.4 Å². The molecule has 5 N–H and O–H groups in total. The molecule has 2 aromatic heterocycles. The molecule has 10 heteroatoms. The number of pyridine rings is 1. The summed E-state index contributed by atoms with van der Waals surface area (Å²) in [6.07, 6.45) is 4.41. The van der Waals surface area contributed by atoms with Gasteiger partial charge >= 0.3 is 0 Å². The highest BCUT2D eigenvalue weighted by Crippen LogP contribution is 2.31. The lowest BCUT2D eigenvalue weighted by Crippen LogP contribution is -2.33. The number of aryl methyl sites for hydroxylation is 2. The number of carbonyl (C=O) groups is 3. The van der Waals surface area contributed by atoms with Gasteiger partial charge < -0.3 is 21.7 Å². The van der Waals surface area contributed by atoms with E-state index in [2.05, 4.69) is 26.0 Å². The minimum absolute atomic E-state index is 0.0283. The summed E-state index contributed by atoms with van der Waals surface area (Å²) in [5.74, 6) is -0.0467. The fraction of sp³-hybridized carbons (Fsp3) is 0.300. The fourth-order valence-corrected chi connectivity index (χ4v) is 5.26. The highest BCUT2D eigenvalue weighted by molar-refractivity contribution is 6.08. The first-order valence-corrected chi connectivity index (χ1v) is 13.4. The molecule has 0 aliphatic heterocycles. The molecule has 206 valence electrons. The quantitative estimate of drug-likeness (QED) is 0.288. The molecule has 0 atom stereocenters. The van der Waals surface area contributed by atoms with Gasteiger partial charge in [0.25, 0.3) is 5.91 Å². The molecule has 2 heterocycles. The highest BCUT2D eigenvalue weighted by atomic mass is 16.2. The molecule has 3 amide bonds. The van der Waals surface area contributed by atoms with Gasteiger partial charge in [-0.2, -0.15) is 5.10 Å². The Morgan fingerprint density at radius 2 is 1.65 bits per heavy atom. The molecule has 1 aliphatic rings. The van der Waals surface area contributed by atoms with E-state index in [1.54, 1.807) is 36.1 Å². The summed E-state index contributed by atoms with van der Waals surface area (Å²) >= 11 is 0. The Bertz CT molecular complexity index is 1590. The second-order valence-electron chi connectivity index (χ2n) is 10.3. The van der Waals surface area contributed by atoms with E-state index in [0.29, 0.717) is 54.1 Å². The third-order valence-electron chi connectivity index (χ3n) is 7.64. The van der Waals surface area contributed by atoms with Crippen LogP contribution in [0, 0.1) is 18.8 Å². The highest BCUT2D eigenvalue weighted by Gasteiger charge is 2.29. The minimum atomic E-state index is -0.277. The van der Waals surface area contributed by atoms with Crippen LogP contribution in [0.2, 0.25) is 0 Å². The molecule has 0 unspecified atom stereocenters. The normalized spacial score (nSPS) is 16.9. The predicted octanol–water partition coefficient (Wildman–Crippen LogP) is 4.27. The molecular weight excluding hydrogens is 506 g/mol. The molecule has 1 fully saturated rings. The third-order valence-corrected chi connectivity index (χ3v) is 7.64. The lowest BCUT2D eigenvalue weighted by molar-refractivity contribution is -0.128. The summed E-state index contributed by atoms with van der Waals surface area (Å²) in [5, 5.41) is 14.1. The molecule has 40 heavy (non-hydrogen) atoms. The predicted molar refractivity (Wildman–Crippen MR) is 156 cm³/mol. The van der Waals surface area contributed by atoms with Crippen molar-refractivity contribution in [2.45, 2.75) is 32.6 Å². The molecule has 0 radical (unpaired) electrons. The maximum Gasteiger partial charge on any atom is 0.255 e. The Kier molecular flexibility index (Phi) is 7.50. The minimum Gasteiger partial charge on any atom is -0.384 e. The van der Waals surface area contributed by atoms with Crippen LogP contribution in [0.1, 0.15) is 41.6 Å². The number of aromatic nitrogens is 3. The van der Waals surface area contributed by atoms with Crippen LogP contribution in [0.3, 0.4) is 0 Å². The van der Waals surface area contributed by atoms with Gasteiger partial charge in [-0.25, -0.2) is 4.98 Å². The first-order chi connectivity index (χ1) is 19.2. The number of hydrogen-bond acceptors (Lipinski definition) is 6. The van der Waals surface area contributed by atoms with Crippen LogP contribution in [0.15, 0.2) is 54.7 Å². The molecule has 1 saturated carbocycles. The van der Waals surface area contributed by atoms with Gasteiger partial charge in [0.1, 0.15) is 11.5 Å². The van der Waals surface area contributed by atoms with Crippen molar-refractivity contribution in [3.05, 3.63) is 65.9 Å². The Balaban J connectivity index is 1.30. The van der Waals surface area contributed by atoms with Gasteiger partial charge in [0.2, 0.25) is 11.8 Å². The number of nitrogens with two attached hydrogens (primary N) is 1. The van der Waals surface area contributed by atoms with E-state index in [-0.39, 0.29) is 29.6 Å². The molecular formula is C30H33N7O3. The second-order valence-corrected chi connectivity index (χ2v) is 10.3. The average Bonchev–Trinajstić information content (AvgIpc) is 3.30. The zero-order chi connectivity index (χ0) is 28.4. The number of benzene rings is 2. The summed E-state index contributed by atoms with van der Waals surface area (Å²) < 4.78 is 1.77. The van der Waals surface area contributed by atoms with Crippen molar-refractivity contribution in [1.82, 2.24) is 20.1 Å². The molecule has 1 aliphatic carbocycles. The van der Waals surface area contributed by atoms with Gasteiger partial charge in [-0.15, -0.1) is 0 Å². The zero-order valence-corrected chi connectivity index (χ0v) is 22.8. The van der Waals surface area contributed by atoms with Crippen molar-refractivity contribution < 1.29 is 14.4 Å². The maximum atomic E-state index is 13.2. The average molecular weight is 540 g/mol. The van der Waals surface area contributed by atoms with Gasteiger partial charge in [0.05, 0.1) is 5.52 Å². The fourth-order valence-electron chi connectivity index (χ4n) is 5.26. The number of fused-ring (bicyclic) bond motifs is 1. The van der Waals surface area contributed by atoms with Crippen LogP contribution in [-0.4, -0.2) is 39.5 Å². The second kappa shape index (κ2) is 11.2. The van der Waals surface area contributed by atoms with Crippen LogP contribution >= 0.6 is 0 Å². The smallest absolute Gasteiger partial charge is 0.255 e. The molecule has 0 saturated heterocycles. The van der Waals surface area contributed by atoms with Gasteiger partial charge in [0, 0.05) is 60.0 Å². The summed E-state index contributed by atoms with van der Waals surface area (Å²) in [5.41, 5.74) is 10.7. The summed E-state index contributed by atoms with van der Waals surface area (Å²) in [6.45, 7) is 1.91. The van der Waals surface area contributed by atoms with Crippen LogP contribution < -0.4 is 21.7 Å². The van der Waals surface area contributed by atoms with E-state index in [0.717, 1.165) is 22.0 Å². The first kappa shape index (κ1) is 26.9. The molecule has 2 aromatic carbocycles. The van der Waals surface area contributed by atoms with Crippen LogP contribution in [0.25, 0.3) is 22.2 Å². The number of rotatable bonds is 6. The van der Waals surface area contributed by atoms with Crippen molar-refractivity contribution in [3.63, 3.8) is 0 Å². The topological polar surface area (TPSA) is 144 Å². The first-order valence-electron chi connectivity index (χ1n) is 13.4. The van der Waals surface area contributed by atoms with Crippen molar-refractivity contribution in [1.29, 1.82) is 0 Å². The van der Waals surface area contributed by atoms with E-state index in [1.165, 1.54) is 0 Å². The number of hydrogen-bond donors (Lipinski definition) is 4. The van der Waals surface area contributed by atoms with Gasteiger partial charge in [0.15, 0.2) is 0 Å². The van der Waals surface area contributed by atoms with E-state index < -0.39 is 0 Å². The Labute approximate surface area is 232 Å². The van der Waals surface area contributed by atoms with Crippen LogP contribution in [-0.2, 0) is 16.6 Å². The van der Waals surface area contributed by atoms with Crippen molar-refractivity contribution in [2.24, 2.45) is 18.9 Å². The Morgan fingerprint density at radius 3 is 2.33 bits per heavy atom. The number of anilines is 3. The van der Waals surface area contributed by atoms with Crippen molar-refractivity contribution in [2.75, 3.05) is 23.4 Å². The van der Waals surface area contributed by atoms with Gasteiger partial charge in [-0.1, -0.05) is 6.07 Å². The Morgan fingerprint density at radius 1 is 0.925 bits per heavy atom. The zero-order valence-electron chi connectivity index (χ0n) is 22.8. The van der Waals surface area contributed by atoms with E-state index >= 15 is 0 Å². The summed E-state index contributed by atoms with van der Waals surface area (Å²) in [4.78, 5) is 42.3. The molecule has 0 bridgehead atoms. The van der Waals surface area contributed by atoms with Gasteiger partial charge in [-0.05, 0) is 80.6 Å².